The van der Waals surface area contributed by atoms with Crippen LogP contribution >= 0.6 is 24.0 Å². The largest absolute Gasteiger partial charge is 0.444 e. The zero-order valence-corrected chi connectivity index (χ0v) is 18.6. The van der Waals surface area contributed by atoms with E-state index in [1.165, 1.54) is 44.2 Å². The highest BCUT2D eigenvalue weighted by atomic mass is 127. The van der Waals surface area contributed by atoms with Crippen LogP contribution in [0.25, 0.3) is 11.5 Å². The van der Waals surface area contributed by atoms with E-state index in [1.54, 1.807) is 18.4 Å². The van der Waals surface area contributed by atoms with Gasteiger partial charge in [-0.15, -0.1) is 24.0 Å². The van der Waals surface area contributed by atoms with E-state index in [9.17, 15) is 4.39 Å². The summed E-state index contributed by atoms with van der Waals surface area (Å²) < 4.78 is 18.6. The van der Waals surface area contributed by atoms with Gasteiger partial charge in [-0.25, -0.2) is 9.37 Å². The molecule has 28 heavy (non-hydrogen) atoms. The summed E-state index contributed by atoms with van der Waals surface area (Å²) in [6.07, 6.45) is 9.20. The van der Waals surface area contributed by atoms with E-state index in [2.05, 4.69) is 20.2 Å². The number of oxazole rings is 1. The van der Waals surface area contributed by atoms with Gasteiger partial charge in [0, 0.05) is 38.7 Å². The van der Waals surface area contributed by atoms with E-state index in [4.69, 9.17) is 4.42 Å². The molecule has 2 heterocycles. The molecule has 4 rings (SSSR count). The monoisotopic (exact) mass is 498 g/mol. The predicted octanol–water partition coefficient (Wildman–Crippen LogP) is 4.48. The second-order valence-corrected chi connectivity index (χ2v) is 7.75. The van der Waals surface area contributed by atoms with Crippen LogP contribution in [0.5, 0.6) is 0 Å². The Labute approximate surface area is 182 Å². The van der Waals surface area contributed by atoms with Crippen molar-refractivity contribution >= 4 is 29.9 Å². The Morgan fingerprint density at radius 2 is 2.00 bits per heavy atom. The van der Waals surface area contributed by atoms with Crippen LogP contribution < -0.4 is 5.32 Å². The van der Waals surface area contributed by atoms with Crippen LogP contribution in [0.2, 0.25) is 0 Å². The van der Waals surface area contributed by atoms with Crippen molar-refractivity contribution in [1.29, 1.82) is 0 Å². The molecule has 152 valence electrons. The maximum Gasteiger partial charge on any atom is 0.226 e. The Balaban J connectivity index is 0.00000225. The minimum Gasteiger partial charge on any atom is -0.444 e. The summed E-state index contributed by atoms with van der Waals surface area (Å²) in [7, 11) is 1.85. The summed E-state index contributed by atoms with van der Waals surface area (Å²) in [6, 6.07) is 6.18. The van der Waals surface area contributed by atoms with E-state index in [0.29, 0.717) is 11.3 Å². The molecule has 1 spiro atoms. The third kappa shape index (κ3) is 4.67. The van der Waals surface area contributed by atoms with Crippen LogP contribution in [0.3, 0.4) is 0 Å². The molecular formula is C21H28FIN4O. The first-order valence-corrected chi connectivity index (χ1v) is 9.83. The number of rotatable bonds is 4. The first kappa shape index (κ1) is 21.1. The molecule has 1 saturated heterocycles. The number of hydrogen-bond acceptors (Lipinski definition) is 3. The third-order valence-corrected chi connectivity index (χ3v) is 5.92. The number of hydrogen-bond donors (Lipinski definition) is 1. The maximum atomic E-state index is 13.0. The van der Waals surface area contributed by atoms with Gasteiger partial charge in [0.05, 0.1) is 5.69 Å². The summed E-state index contributed by atoms with van der Waals surface area (Å²) in [6.45, 7) is 2.98. The van der Waals surface area contributed by atoms with Crippen LogP contribution in [0.15, 0.2) is 39.9 Å². The Hall–Kier alpha value is -1.64. The highest BCUT2D eigenvalue weighted by Gasteiger charge is 2.41. The van der Waals surface area contributed by atoms with Crippen molar-refractivity contribution in [3.63, 3.8) is 0 Å². The molecule has 1 N–H and O–H groups in total. The molecule has 2 fully saturated rings. The molecule has 2 aromatic rings. The first-order chi connectivity index (χ1) is 13.2. The Kier molecular flexibility index (Phi) is 6.95. The smallest absolute Gasteiger partial charge is 0.226 e. The van der Waals surface area contributed by atoms with Gasteiger partial charge in [-0.2, -0.15) is 0 Å². The molecule has 1 saturated carbocycles. The summed E-state index contributed by atoms with van der Waals surface area (Å²) in [4.78, 5) is 11.4. The van der Waals surface area contributed by atoms with E-state index in [0.717, 1.165) is 43.3 Å². The number of likely N-dealkylation sites (tertiary alicyclic amines) is 1. The molecule has 0 atom stereocenters. The number of halogens is 2. The predicted molar refractivity (Wildman–Crippen MR) is 119 cm³/mol. The van der Waals surface area contributed by atoms with Crippen LogP contribution in [0, 0.1) is 11.2 Å². The maximum absolute atomic E-state index is 13.0. The SMILES string of the molecule is CN=C(NCCc1coc(-c2ccc(F)cc2)n1)N1CCC2(CCCC2)C1.I. The number of nitrogens with one attached hydrogen (secondary N) is 1. The Bertz CT molecular complexity index is 799. The second-order valence-electron chi connectivity index (χ2n) is 7.75. The van der Waals surface area contributed by atoms with Gasteiger partial charge >= 0.3 is 0 Å². The lowest BCUT2D eigenvalue weighted by molar-refractivity contribution is 0.309. The number of nitrogens with zero attached hydrogens (tertiary/aromatic N) is 3. The van der Waals surface area contributed by atoms with Gasteiger partial charge in [0.2, 0.25) is 5.89 Å². The Morgan fingerprint density at radius 1 is 1.25 bits per heavy atom. The molecule has 7 heteroatoms. The third-order valence-electron chi connectivity index (χ3n) is 5.92. The van der Waals surface area contributed by atoms with Gasteiger partial charge in [0.1, 0.15) is 12.1 Å². The molecule has 0 unspecified atom stereocenters. The fraction of sp³-hybridized carbons (Fsp3) is 0.524. The van der Waals surface area contributed by atoms with E-state index in [-0.39, 0.29) is 29.8 Å². The number of guanidine groups is 1. The van der Waals surface area contributed by atoms with Crippen molar-refractivity contribution < 1.29 is 8.81 Å². The van der Waals surface area contributed by atoms with E-state index in [1.807, 2.05) is 7.05 Å². The minimum atomic E-state index is -0.262. The standard InChI is InChI=1S/C21H27FN4O.HI/c1-23-20(26-13-11-21(15-26)9-2-3-10-21)24-12-8-18-14-27-19(25-18)16-4-6-17(22)7-5-16;/h4-7,14H,2-3,8-13,15H2,1H3,(H,23,24);1H. The fourth-order valence-electron chi connectivity index (χ4n) is 4.43. The highest BCUT2D eigenvalue weighted by molar-refractivity contribution is 14.0. The summed E-state index contributed by atoms with van der Waals surface area (Å²) >= 11 is 0. The van der Waals surface area contributed by atoms with Crippen molar-refractivity contribution in [2.45, 2.75) is 38.5 Å². The summed E-state index contributed by atoms with van der Waals surface area (Å²) in [5, 5.41) is 3.47. The average molecular weight is 498 g/mol. The molecule has 1 aromatic heterocycles. The van der Waals surface area contributed by atoms with Gasteiger partial charge in [0.15, 0.2) is 5.96 Å². The number of aliphatic imine (C=N–C) groups is 1. The molecule has 1 aliphatic carbocycles. The zero-order valence-electron chi connectivity index (χ0n) is 16.3. The van der Waals surface area contributed by atoms with Gasteiger partial charge in [-0.05, 0) is 48.9 Å². The summed E-state index contributed by atoms with van der Waals surface area (Å²) in [5.41, 5.74) is 2.20. The topological polar surface area (TPSA) is 53.7 Å². The molecule has 5 nitrogen and oxygen atoms in total. The van der Waals surface area contributed by atoms with Gasteiger partial charge < -0.3 is 14.6 Å². The normalized spacial score (nSPS) is 18.5. The molecular weight excluding hydrogens is 470 g/mol. The average Bonchev–Trinajstić information content (AvgIpc) is 3.42. The van der Waals surface area contributed by atoms with Crippen molar-refractivity contribution in [3.8, 4) is 11.5 Å². The van der Waals surface area contributed by atoms with Crippen molar-refractivity contribution in [2.24, 2.45) is 10.4 Å². The van der Waals surface area contributed by atoms with E-state index >= 15 is 0 Å². The molecule has 0 radical (unpaired) electrons. The molecule has 2 aliphatic rings. The lowest BCUT2D eigenvalue weighted by Gasteiger charge is -2.25. The lowest BCUT2D eigenvalue weighted by atomic mass is 9.86. The zero-order chi connectivity index (χ0) is 18.7. The number of aromatic nitrogens is 1. The van der Waals surface area contributed by atoms with Crippen LogP contribution in [0.4, 0.5) is 4.39 Å². The number of benzene rings is 1. The minimum absolute atomic E-state index is 0. The Morgan fingerprint density at radius 3 is 2.71 bits per heavy atom. The van der Waals surface area contributed by atoms with Crippen molar-refractivity contribution in [1.82, 2.24) is 15.2 Å². The quantitative estimate of drug-likeness (QED) is 0.384. The van der Waals surface area contributed by atoms with Gasteiger partial charge in [-0.3, -0.25) is 4.99 Å². The molecule has 0 bridgehead atoms. The van der Waals surface area contributed by atoms with Crippen LogP contribution in [-0.2, 0) is 6.42 Å². The summed E-state index contributed by atoms with van der Waals surface area (Å²) in [5.74, 6) is 1.25. The van der Waals surface area contributed by atoms with Gasteiger partial charge in [0.25, 0.3) is 0 Å². The molecule has 0 amide bonds. The molecule has 1 aromatic carbocycles. The molecule has 1 aliphatic heterocycles. The van der Waals surface area contributed by atoms with Crippen molar-refractivity contribution in [3.05, 3.63) is 42.0 Å². The van der Waals surface area contributed by atoms with Crippen LogP contribution in [0.1, 0.15) is 37.8 Å². The van der Waals surface area contributed by atoms with E-state index < -0.39 is 0 Å². The fourth-order valence-corrected chi connectivity index (χ4v) is 4.43. The first-order valence-electron chi connectivity index (χ1n) is 9.83. The lowest BCUT2D eigenvalue weighted by Crippen LogP contribution is -2.41. The highest BCUT2D eigenvalue weighted by Crippen LogP contribution is 2.45. The second kappa shape index (κ2) is 9.24. The van der Waals surface area contributed by atoms with Crippen LogP contribution in [-0.4, -0.2) is 42.5 Å². The van der Waals surface area contributed by atoms with Crippen molar-refractivity contribution in [2.75, 3.05) is 26.7 Å². The van der Waals surface area contributed by atoms with Gasteiger partial charge in [-0.1, -0.05) is 12.8 Å².